The van der Waals surface area contributed by atoms with Gasteiger partial charge in [0.2, 0.25) is 0 Å². The summed E-state index contributed by atoms with van der Waals surface area (Å²) >= 11 is 1.13. The number of carbonyl (C=O) groups excluding carboxylic acids is 1. The van der Waals surface area contributed by atoms with Crippen LogP contribution in [0, 0.1) is 0 Å². The number of aromatic nitrogens is 1. The molecule has 0 saturated carbocycles. The molecule has 0 aliphatic heterocycles. The SMILES string of the molecule is CCN(CCO)c1snc(N)c1C(=O)OC. The minimum Gasteiger partial charge on any atom is -0.465 e. The molecule has 0 fully saturated rings. The molecule has 16 heavy (non-hydrogen) atoms. The maximum atomic E-state index is 11.5. The second-order valence-corrected chi connectivity index (χ2v) is 3.79. The molecular formula is C9H15N3O3S. The van der Waals surface area contributed by atoms with Gasteiger partial charge in [0.25, 0.3) is 0 Å². The van der Waals surface area contributed by atoms with Gasteiger partial charge in [0.05, 0.1) is 13.7 Å². The van der Waals surface area contributed by atoms with Gasteiger partial charge in [-0.1, -0.05) is 0 Å². The first-order chi connectivity index (χ1) is 7.65. The first-order valence-electron chi connectivity index (χ1n) is 4.84. The third kappa shape index (κ3) is 2.42. The van der Waals surface area contributed by atoms with Crippen LogP contribution >= 0.6 is 11.5 Å². The molecule has 0 aromatic carbocycles. The van der Waals surface area contributed by atoms with Gasteiger partial charge in [-0.15, -0.1) is 0 Å². The lowest BCUT2D eigenvalue weighted by Gasteiger charge is -2.20. The number of esters is 1. The molecule has 0 radical (unpaired) electrons. The van der Waals surface area contributed by atoms with Crippen LogP contribution in [0.25, 0.3) is 0 Å². The number of likely N-dealkylation sites (N-methyl/N-ethyl adjacent to an activating group) is 1. The lowest BCUT2D eigenvalue weighted by molar-refractivity contribution is 0.0603. The molecule has 3 N–H and O–H groups in total. The fourth-order valence-electron chi connectivity index (χ4n) is 1.33. The zero-order valence-corrected chi connectivity index (χ0v) is 10.1. The van der Waals surface area contributed by atoms with Crippen molar-refractivity contribution in [3.8, 4) is 0 Å². The highest BCUT2D eigenvalue weighted by molar-refractivity contribution is 7.11. The van der Waals surface area contributed by atoms with E-state index in [1.165, 1.54) is 7.11 Å². The van der Waals surface area contributed by atoms with Crippen LogP contribution in [0.5, 0.6) is 0 Å². The lowest BCUT2D eigenvalue weighted by atomic mass is 10.3. The molecule has 0 bridgehead atoms. The van der Waals surface area contributed by atoms with Gasteiger partial charge >= 0.3 is 5.97 Å². The Labute approximate surface area is 97.8 Å². The summed E-state index contributed by atoms with van der Waals surface area (Å²) in [4.78, 5) is 13.3. The summed E-state index contributed by atoms with van der Waals surface area (Å²) in [6.07, 6.45) is 0. The van der Waals surface area contributed by atoms with Gasteiger partial charge in [-0.3, -0.25) is 0 Å². The minimum absolute atomic E-state index is 0.00621. The van der Waals surface area contributed by atoms with Crippen molar-refractivity contribution in [3.05, 3.63) is 5.56 Å². The molecule has 1 aromatic rings. The lowest BCUT2D eigenvalue weighted by Crippen LogP contribution is -2.27. The van der Waals surface area contributed by atoms with E-state index in [0.29, 0.717) is 18.1 Å². The monoisotopic (exact) mass is 245 g/mol. The van der Waals surface area contributed by atoms with E-state index >= 15 is 0 Å². The number of hydrogen-bond donors (Lipinski definition) is 2. The van der Waals surface area contributed by atoms with E-state index in [9.17, 15) is 4.79 Å². The summed E-state index contributed by atoms with van der Waals surface area (Å²) in [5.74, 6) is -0.333. The average molecular weight is 245 g/mol. The van der Waals surface area contributed by atoms with Crippen LogP contribution in [-0.2, 0) is 4.74 Å². The summed E-state index contributed by atoms with van der Waals surface area (Å²) in [5, 5.41) is 9.56. The highest BCUT2D eigenvalue weighted by Gasteiger charge is 2.23. The number of anilines is 2. The van der Waals surface area contributed by atoms with Gasteiger partial charge in [0.15, 0.2) is 5.82 Å². The number of rotatable bonds is 5. The summed E-state index contributed by atoms with van der Waals surface area (Å²) in [6.45, 7) is 3.02. The first kappa shape index (κ1) is 12.7. The van der Waals surface area contributed by atoms with Gasteiger partial charge in [0, 0.05) is 13.1 Å². The van der Waals surface area contributed by atoms with E-state index in [2.05, 4.69) is 9.11 Å². The van der Waals surface area contributed by atoms with E-state index in [1.807, 2.05) is 11.8 Å². The molecule has 6 nitrogen and oxygen atoms in total. The normalized spacial score (nSPS) is 10.2. The van der Waals surface area contributed by atoms with Crippen LogP contribution in [0.4, 0.5) is 10.8 Å². The van der Waals surface area contributed by atoms with Crippen LogP contribution in [-0.4, -0.2) is 42.3 Å². The Bertz CT molecular complexity index is 367. The van der Waals surface area contributed by atoms with Crippen molar-refractivity contribution >= 4 is 28.3 Å². The molecule has 7 heteroatoms. The van der Waals surface area contributed by atoms with Crippen molar-refractivity contribution < 1.29 is 14.6 Å². The molecule has 0 unspecified atom stereocenters. The fraction of sp³-hybridized carbons (Fsp3) is 0.556. The quantitative estimate of drug-likeness (QED) is 0.727. The Morgan fingerprint density at radius 1 is 1.69 bits per heavy atom. The Balaban J connectivity index is 3.07. The number of nitrogen functional groups attached to an aromatic ring is 1. The number of methoxy groups -OCH3 is 1. The van der Waals surface area contributed by atoms with Crippen molar-refractivity contribution in [1.29, 1.82) is 0 Å². The van der Waals surface area contributed by atoms with Gasteiger partial charge in [0.1, 0.15) is 10.6 Å². The molecule has 1 heterocycles. The number of hydrogen-bond acceptors (Lipinski definition) is 7. The maximum absolute atomic E-state index is 11.5. The van der Waals surface area contributed by atoms with Crippen LogP contribution in [0.2, 0.25) is 0 Å². The maximum Gasteiger partial charge on any atom is 0.344 e. The Hall–Kier alpha value is -1.34. The van der Waals surface area contributed by atoms with Crippen LogP contribution < -0.4 is 10.6 Å². The van der Waals surface area contributed by atoms with Gasteiger partial charge in [-0.05, 0) is 18.5 Å². The van der Waals surface area contributed by atoms with Crippen LogP contribution in [0.15, 0.2) is 0 Å². The third-order valence-corrected chi connectivity index (χ3v) is 3.05. The molecule has 1 aromatic heterocycles. The van der Waals surface area contributed by atoms with E-state index in [-0.39, 0.29) is 18.0 Å². The second-order valence-electron chi connectivity index (χ2n) is 3.04. The summed E-state index contributed by atoms with van der Waals surface area (Å²) in [5.41, 5.74) is 5.90. The molecule has 0 spiro atoms. The predicted octanol–water partition coefficient (Wildman–Crippen LogP) is 0.331. The molecule has 1 rings (SSSR count). The summed E-state index contributed by atoms with van der Waals surface area (Å²) < 4.78 is 8.58. The molecular weight excluding hydrogens is 230 g/mol. The van der Waals surface area contributed by atoms with Crippen LogP contribution in [0.1, 0.15) is 17.3 Å². The van der Waals surface area contributed by atoms with Gasteiger partial charge in [-0.25, -0.2) is 4.79 Å². The second kappa shape index (κ2) is 5.66. The van der Waals surface area contributed by atoms with E-state index in [1.54, 1.807) is 0 Å². The van der Waals surface area contributed by atoms with E-state index in [4.69, 9.17) is 10.8 Å². The number of ether oxygens (including phenoxy) is 1. The van der Waals surface area contributed by atoms with Gasteiger partial charge in [-0.2, -0.15) is 4.37 Å². The highest BCUT2D eigenvalue weighted by atomic mass is 32.1. The highest BCUT2D eigenvalue weighted by Crippen LogP contribution is 2.30. The largest absolute Gasteiger partial charge is 0.465 e. The number of aliphatic hydroxyl groups excluding tert-OH is 1. The topological polar surface area (TPSA) is 88.7 Å². The van der Waals surface area contributed by atoms with Crippen LogP contribution in [0.3, 0.4) is 0 Å². The van der Waals surface area contributed by atoms with Crippen molar-refractivity contribution in [1.82, 2.24) is 4.37 Å². The molecule has 0 saturated heterocycles. The van der Waals surface area contributed by atoms with Crippen molar-refractivity contribution in [2.75, 3.05) is 37.4 Å². The van der Waals surface area contributed by atoms with Crippen molar-refractivity contribution in [3.63, 3.8) is 0 Å². The zero-order valence-electron chi connectivity index (χ0n) is 9.27. The number of nitrogens with two attached hydrogens (primary N) is 1. The van der Waals surface area contributed by atoms with E-state index < -0.39 is 5.97 Å². The van der Waals surface area contributed by atoms with Gasteiger partial charge < -0.3 is 20.5 Å². The summed E-state index contributed by atoms with van der Waals surface area (Å²) in [7, 11) is 1.30. The van der Waals surface area contributed by atoms with E-state index in [0.717, 1.165) is 11.5 Å². The average Bonchev–Trinajstić information content (AvgIpc) is 2.67. The predicted molar refractivity (Wildman–Crippen MR) is 62.8 cm³/mol. The minimum atomic E-state index is -0.502. The third-order valence-electron chi connectivity index (χ3n) is 2.13. The summed E-state index contributed by atoms with van der Waals surface area (Å²) in [6, 6.07) is 0. The first-order valence-corrected chi connectivity index (χ1v) is 5.62. The fourth-order valence-corrected chi connectivity index (χ4v) is 2.22. The number of aliphatic hydroxyl groups is 1. The molecule has 0 aliphatic carbocycles. The van der Waals surface area contributed by atoms with Crippen molar-refractivity contribution in [2.45, 2.75) is 6.92 Å². The standard InChI is InChI=1S/C9H15N3O3S/c1-3-12(4-5-13)8-6(9(14)15-2)7(10)11-16-8/h13H,3-5H2,1-2H3,(H2,10,11). The Morgan fingerprint density at radius 3 is 2.88 bits per heavy atom. The Kier molecular flexibility index (Phi) is 4.51. The molecule has 0 atom stereocenters. The molecule has 0 aliphatic rings. The Morgan fingerprint density at radius 2 is 2.38 bits per heavy atom. The number of nitrogens with zero attached hydrogens (tertiary/aromatic N) is 2. The zero-order chi connectivity index (χ0) is 12.1. The molecule has 90 valence electrons. The smallest absolute Gasteiger partial charge is 0.344 e. The van der Waals surface area contributed by atoms with Crippen molar-refractivity contribution in [2.24, 2.45) is 0 Å². The molecule has 0 amide bonds. The number of carbonyl (C=O) groups is 1.